The maximum atomic E-state index is 9.24. The zero-order valence-electron chi connectivity index (χ0n) is 11.3. The third-order valence-corrected chi connectivity index (χ3v) is 3.22. The van der Waals surface area contributed by atoms with Gasteiger partial charge in [0.2, 0.25) is 0 Å². The van der Waals surface area contributed by atoms with E-state index in [1.807, 2.05) is 43.3 Å². The first-order valence-electron chi connectivity index (χ1n) is 6.59. The molecule has 4 heteroatoms. The van der Waals surface area contributed by atoms with Gasteiger partial charge in [0.05, 0.1) is 5.52 Å². The number of imidazole rings is 1. The first-order valence-corrected chi connectivity index (χ1v) is 6.59. The van der Waals surface area contributed by atoms with Crippen LogP contribution in [-0.4, -0.2) is 21.4 Å². The number of rotatable bonds is 4. The Morgan fingerprint density at radius 2 is 1.85 bits per heavy atom. The van der Waals surface area contributed by atoms with E-state index in [-0.39, 0.29) is 5.75 Å². The Bertz CT molecular complexity index is 717. The van der Waals surface area contributed by atoms with E-state index in [4.69, 9.17) is 4.84 Å². The van der Waals surface area contributed by atoms with Crippen LogP contribution in [0.25, 0.3) is 11.0 Å². The maximum absolute atomic E-state index is 9.24. The second-order valence-electron chi connectivity index (χ2n) is 4.69. The van der Waals surface area contributed by atoms with Crippen molar-refractivity contribution in [3.63, 3.8) is 0 Å². The molecule has 0 atom stereocenters. The number of benzene rings is 2. The van der Waals surface area contributed by atoms with Crippen molar-refractivity contribution in [2.24, 2.45) is 0 Å². The summed E-state index contributed by atoms with van der Waals surface area (Å²) < 4.78 is 1.77. The Labute approximate surface area is 117 Å². The molecule has 0 unspecified atom stereocenters. The lowest BCUT2D eigenvalue weighted by atomic mass is 10.1. The zero-order chi connectivity index (χ0) is 13.9. The zero-order valence-corrected chi connectivity index (χ0v) is 11.3. The van der Waals surface area contributed by atoms with Crippen LogP contribution < -0.4 is 4.84 Å². The monoisotopic (exact) mass is 268 g/mol. The fourth-order valence-corrected chi connectivity index (χ4v) is 2.20. The second kappa shape index (κ2) is 5.25. The van der Waals surface area contributed by atoms with Crippen LogP contribution in [0.3, 0.4) is 0 Å². The normalized spacial score (nSPS) is 10.8. The van der Waals surface area contributed by atoms with Crippen molar-refractivity contribution < 1.29 is 9.94 Å². The first kappa shape index (κ1) is 12.5. The Hall–Kier alpha value is -2.49. The number of hydrogen-bond acceptors (Lipinski definition) is 3. The number of para-hydroxylation sites is 2. The molecule has 1 heterocycles. The van der Waals surface area contributed by atoms with Crippen LogP contribution in [0.4, 0.5) is 0 Å². The lowest BCUT2D eigenvalue weighted by molar-refractivity contribution is 0.117. The summed E-state index contributed by atoms with van der Waals surface area (Å²) in [6.45, 7) is 2.49. The van der Waals surface area contributed by atoms with E-state index in [2.05, 4.69) is 4.98 Å². The van der Waals surface area contributed by atoms with Gasteiger partial charge in [-0.3, -0.25) is 0 Å². The summed E-state index contributed by atoms with van der Waals surface area (Å²) in [5.41, 5.74) is 3.05. The fraction of sp³-hybridized carbons (Fsp3) is 0.188. The number of aromatic nitrogens is 2. The molecule has 3 rings (SSSR count). The molecule has 1 N–H and O–H groups in total. The molecule has 0 aliphatic carbocycles. The van der Waals surface area contributed by atoms with Gasteiger partial charge >= 0.3 is 0 Å². The number of phenols is 1. The van der Waals surface area contributed by atoms with Crippen LogP contribution in [0.15, 0.2) is 48.5 Å². The summed E-state index contributed by atoms with van der Waals surface area (Å²) in [7, 11) is 0. The summed E-state index contributed by atoms with van der Waals surface area (Å²) in [5.74, 6) is 1.13. The van der Waals surface area contributed by atoms with Crippen LogP contribution in [0.5, 0.6) is 5.75 Å². The molecule has 4 nitrogen and oxygen atoms in total. The summed E-state index contributed by atoms with van der Waals surface area (Å²) in [5, 5.41) is 9.24. The SMILES string of the molecule is Cc1nc2ccccc2n1OCCc1ccc(O)cc1. The molecule has 0 bridgehead atoms. The van der Waals surface area contributed by atoms with E-state index in [1.54, 1.807) is 16.9 Å². The lowest BCUT2D eigenvalue weighted by Crippen LogP contribution is -2.15. The third kappa shape index (κ3) is 2.45. The van der Waals surface area contributed by atoms with Gasteiger partial charge in [0.15, 0.2) is 0 Å². The molecule has 3 aromatic rings. The molecular formula is C16H16N2O2. The quantitative estimate of drug-likeness (QED) is 0.791. The van der Waals surface area contributed by atoms with Crippen LogP contribution in [-0.2, 0) is 6.42 Å². The minimum Gasteiger partial charge on any atom is -0.508 e. The topological polar surface area (TPSA) is 47.3 Å². The van der Waals surface area contributed by atoms with Crippen molar-refractivity contribution in [2.45, 2.75) is 13.3 Å². The summed E-state index contributed by atoms with van der Waals surface area (Å²) in [4.78, 5) is 10.3. The standard InChI is InChI=1S/C16H16N2O2/c1-12-17-15-4-2-3-5-16(15)18(12)20-11-10-13-6-8-14(19)9-7-13/h2-9,19H,10-11H2,1H3. The van der Waals surface area contributed by atoms with Gasteiger partial charge in [0.25, 0.3) is 0 Å². The Morgan fingerprint density at radius 1 is 1.10 bits per heavy atom. The minimum atomic E-state index is 0.283. The highest BCUT2D eigenvalue weighted by Gasteiger charge is 2.07. The van der Waals surface area contributed by atoms with E-state index >= 15 is 0 Å². The number of phenolic OH excluding ortho intramolecular Hbond substituents is 1. The number of aryl methyl sites for hydroxylation is 1. The first-order chi connectivity index (χ1) is 9.74. The molecule has 0 radical (unpaired) electrons. The number of fused-ring (bicyclic) bond motifs is 1. The van der Waals surface area contributed by atoms with E-state index in [0.29, 0.717) is 6.61 Å². The highest BCUT2D eigenvalue weighted by atomic mass is 16.7. The predicted molar refractivity (Wildman–Crippen MR) is 77.7 cm³/mol. The van der Waals surface area contributed by atoms with Gasteiger partial charge in [-0.25, -0.2) is 4.98 Å². The summed E-state index contributed by atoms with van der Waals surface area (Å²) >= 11 is 0. The summed E-state index contributed by atoms with van der Waals surface area (Å²) in [6, 6.07) is 15.1. The molecule has 102 valence electrons. The van der Waals surface area contributed by atoms with E-state index in [9.17, 15) is 5.11 Å². The third-order valence-electron chi connectivity index (χ3n) is 3.22. The van der Waals surface area contributed by atoms with Crippen molar-refractivity contribution in [2.75, 3.05) is 6.61 Å². The van der Waals surface area contributed by atoms with Gasteiger partial charge < -0.3 is 9.94 Å². The highest BCUT2D eigenvalue weighted by Crippen LogP contribution is 2.14. The average molecular weight is 268 g/mol. The van der Waals surface area contributed by atoms with Crippen molar-refractivity contribution in [1.82, 2.24) is 9.71 Å². The van der Waals surface area contributed by atoms with Crippen LogP contribution in [0, 0.1) is 6.92 Å². The van der Waals surface area contributed by atoms with E-state index in [0.717, 1.165) is 28.8 Å². The Kier molecular flexibility index (Phi) is 3.29. The van der Waals surface area contributed by atoms with Gasteiger partial charge in [-0.2, -0.15) is 4.73 Å². The second-order valence-corrected chi connectivity index (χ2v) is 4.69. The van der Waals surface area contributed by atoms with Crippen molar-refractivity contribution in [3.05, 3.63) is 59.9 Å². The van der Waals surface area contributed by atoms with Crippen molar-refractivity contribution in [1.29, 1.82) is 0 Å². The molecule has 0 aliphatic heterocycles. The smallest absolute Gasteiger partial charge is 0.143 e. The Morgan fingerprint density at radius 3 is 2.65 bits per heavy atom. The number of aromatic hydroxyl groups is 1. The van der Waals surface area contributed by atoms with Gasteiger partial charge in [0, 0.05) is 6.42 Å². The average Bonchev–Trinajstić information content (AvgIpc) is 2.77. The summed E-state index contributed by atoms with van der Waals surface area (Å²) in [6.07, 6.45) is 0.784. The van der Waals surface area contributed by atoms with Crippen LogP contribution >= 0.6 is 0 Å². The molecule has 0 amide bonds. The number of hydrogen-bond donors (Lipinski definition) is 1. The predicted octanol–water partition coefficient (Wildman–Crippen LogP) is 2.72. The fourth-order valence-electron chi connectivity index (χ4n) is 2.20. The van der Waals surface area contributed by atoms with Gasteiger partial charge in [-0.15, -0.1) is 0 Å². The number of nitrogens with zero attached hydrogens (tertiary/aromatic N) is 2. The van der Waals surface area contributed by atoms with Crippen molar-refractivity contribution >= 4 is 11.0 Å². The van der Waals surface area contributed by atoms with Crippen LogP contribution in [0.2, 0.25) is 0 Å². The molecule has 0 saturated carbocycles. The van der Waals surface area contributed by atoms with Crippen molar-refractivity contribution in [3.8, 4) is 5.75 Å². The Balaban J connectivity index is 1.71. The molecule has 1 aromatic heterocycles. The molecular weight excluding hydrogens is 252 g/mol. The van der Waals surface area contributed by atoms with Gasteiger partial charge in [-0.1, -0.05) is 24.3 Å². The maximum Gasteiger partial charge on any atom is 0.143 e. The highest BCUT2D eigenvalue weighted by molar-refractivity contribution is 5.75. The molecule has 0 spiro atoms. The van der Waals surface area contributed by atoms with Gasteiger partial charge in [-0.05, 0) is 36.8 Å². The van der Waals surface area contributed by atoms with Gasteiger partial charge in [0.1, 0.15) is 23.7 Å². The molecule has 0 fully saturated rings. The molecule has 0 aliphatic rings. The van der Waals surface area contributed by atoms with E-state index in [1.165, 1.54) is 0 Å². The molecule has 0 saturated heterocycles. The minimum absolute atomic E-state index is 0.283. The molecule has 20 heavy (non-hydrogen) atoms. The van der Waals surface area contributed by atoms with E-state index < -0.39 is 0 Å². The lowest BCUT2D eigenvalue weighted by Gasteiger charge is -2.09. The largest absolute Gasteiger partial charge is 0.508 e. The molecule has 2 aromatic carbocycles. The van der Waals surface area contributed by atoms with Crippen LogP contribution in [0.1, 0.15) is 11.4 Å².